The van der Waals surface area contributed by atoms with Crippen LogP contribution in [-0.2, 0) is 4.79 Å². The van der Waals surface area contributed by atoms with Gasteiger partial charge in [0.15, 0.2) is 5.13 Å². The molecule has 5 nitrogen and oxygen atoms in total. The maximum Gasteiger partial charge on any atom is 0.241 e. The number of carbonyl (C=O) groups excluding carboxylic acids is 1. The number of fused-ring (bicyclic) bond motifs is 1. The molecule has 0 spiro atoms. The van der Waals surface area contributed by atoms with Crippen molar-refractivity contribution in [2.45, 2.75) is 6.92 Å². The van der Waals surface area contributed by atoms with E-state index in [1.54, 1.807) is 11.3 Å². The number of benzene rings is 2. The second-order valence-corrected chi connectivity index (χ2v) is 7.59. The molecule has 0 aliphatic carbocycles. The highest BCUT2D eigenvalue weighted by atomic mass is 32.1. The molecule has 3 aromatic rings. The van der Waals surface area contributed by atoms with Gasteiger partial charge in [-0.2, -0.15) is 0 Å². The van der Waals surface area contributed by atoms with Crippen molar-refractivity contribution >= 4 is 38.8 Å². The largest absolute Gasteiger partial charge is 0.346 e. The molecule has 1 aliphatic heterocycles. The highest BCUT2D eigenvalue weighted by Crippen LogP contribution is 2.27. The highest BCUT2D eigenvalue weighted by Gasteiger charge is 2.23. The third-order valence-corrected chi connectivity index (χ3v) is 5.93. The van der Waals surface area contributed by atoms with Crippen LogP contribution >= 0.6 is 11.3 Å². The minimum atomic E-state index is 0.163. The molecule has 1 saturated heterocycles. The van der Waals surface area contributed by atoms with Gasteiger partial charge in [0.05, 0.1) is 12.2 Å². The number of aromatic nitrogens is 1. The predicted molar refractivity (Wildman–Crippen MR) is 113 cm³/mol. The van der Waals surface area contributed by atoms with Crippen LogP contribution in [0.5, 0.6) is 0 Å². The molecule has 1 fully saturated rings. The summed E-state index contributed by atoms with van der Waals surface area (Å²) in [4.78, 5) is 23.9. The van der Waals surface area contributed by atoms with E-state index in [1.807, 2.05) is 47.7 Å². The molecule has 2 heterocycles. The lowest BCUT2D eigenvalue weighted by Gasteiger charge is -2.35. The Morgan fingerprint density at radius 1 is 1.11 bits per heavy atom. The number of amides is 1. The van der Waals surface area contributed by atoms with Crippen LogP contribution in [0.3, 0.4) is 0 Å². The van der Waals surface area contributed by atoms with Crippen LogP contribution in [0.1, 0.15) is 6.92 Å². The van der Waals surface area contributed by atoms with Gasteiger partial charge in [-0.3, -0.25) is 9.69 Å². The summed E-state index contributed by atoms with van der Waals surface area (Å²) in [6, 6.07) is 14.4. The number of anilines is 2. The third kappa shape index (κ3) is 3.82. The highest BCUT2D eigenvalue weighted by molar-refractivity contribution is 7.13. The molecule has 140 valence electrons. The second-order valence-electron chi connectivity index (χ2n) is 6.71. The number of hydrogen-bond acceptors (Lipinski definition) is 5. The number of piperazine rings is 1. The number of carbonyl (C=O) groups is 1. The van der Waals surface area contributed by atoms with Crippen molar-refractivity contribution in [1.29, 1.82) is 0 Å². The Balaban J connectivity index is 1.44. The molecule has 4 rings (SSSR count). The summed E-state index contributed by atoms with van der Waals surface area (Å²) in [5.74, 6) is 0.163. The summed E-state index contributed by atoms with van der Waals surface area (Å²) >= 11 is 1.67. The minimum Gasteiger partial charge on any atom is -0.346 e. The number of hydrogen-bond donors (Lipinski definition) is 0. The van der Waals surface area contributed by atoms with E-state index in [-0.39, 0.29) is 5.91 Å². The average molecular weight is 381 g/mol. The van der Waals surface area contributed by atoms with Crippen molar-refractivity contribution in [3.63, 3.8) is 0 Å². The summed E-state index contributed by atoms with van der Waals surface area (Å²) < 4.78 is 0. The molecule has 1 aliphatic rings. The SMILES string of the molecule is CCN(C(=O)CN1CCN(c2nccs2)CC1)c1cccc2ccccc12. The summed E-state index contributed by atoms with van der Waals surface area (Å²) in [6.45, 7) is 6.79. The summed E-state index contributed by atoms with van der Waals surface area (Å²) in [7, 11) is 0. The Morgan fingerprint density at radius 2 is 1.89 bits per heavy atom. The van der Waals surface area contributed by atoms with Gasteiger partial charge in [-0.25, -0.2) is 4.98 Å². The number of nitrogens with zero attached hydrogens (tertiary/aromatic N) is 4. The Kier molecular flexibility index (Phi) is 5.36. The lowest BCUT2D eigenvalue weighted by Crippen LogP contribution is -2.50. The molecular weight excluding hydrogens is 356 g/mol. The van der Waals surface area contributed by atoms with E-state index in [0.29, 0.717) is 13.1 Å². The van der Waals surface area contributed by atoms with E-state index < -0.39 is 0 Å². The molecule has 27 heavy (non-hydrogen) atoms. The first-order valence-electron chi connectivity index (χ1n) is 9.41. The van der Waals surface area contributed by atoms with Crippen LogP contribution in [0.4, 0.5) is 10.8 Å². The summed E-state index contributed by atoms with van der Waals surface area (Å²) in [5.41, 5.74) is 1.00. The van der Waals surface area contributed by atoms with Crippen molar-refractivity contribution < 1.29 is 4.79 Å². The van der Waals surface area contributed by atoms with Gasteiger partial charge in [0, 0.05) is 49.7 Å². The predicted octanol–water partition coefficient (Wildman–Crippen LogP) is 3.47. The fourth-order valence-electron chi connectivity index (χ4n) is 3.67. The van der Waals surface area contributed by atoms with Gasteiger partial charge in [-0.1, -0.05) is 36.4 Å². The van der Waals surface area contributed by atoms with Gasteiger partial charge >= 0.3 is 0 Å². The van der Waals surface area contributed by atoms with Crippen LogP contribution in [0.25, 0.3) is 10.8 Å². The number of likely N-dealkylation sites (N-methyl/N-ethyl adjacent to an activating group) is 1. The molecule has 0 bridgehead atoms. The van der Waals surface area contributed by atoms with Crippen LogP contribution in [-0.4, -0.2) is 55.1 Å². The summed E-state index contributed by atoms with van der Waals surface area (Å²) in [5, 5.41) is 5.38. The van der Waals surface area contributed by atoms with Gasteiger partial charge in [0.1, 0.15) is 0 Å². The summed E-state index contributed by atoms with van der Waals surface area (Å²) in [6.07, 6.45) is 1.85. The quantitative estimate of drug-likeness (QED) is 0.679. The normalized spacial score (nSPS) is 15.2. The first-order valence-corrected chi connectivity index (χ1v) is 10.3. The van der Waals surface area contributed by atoms with Crippen molar-refractivity contribution in [2.75, 3.05) is 49.1 Å². The zero-order chi connectivity index (χ0) is 18.6. The third-order valence-electron chi connectivity index (χ3n) is 5.10. The van der Waals surface area contributed by atoms with Crippen LogP contribution < -0.4 is 9.80 Å². The lowest BCUT2D eigenvalue weighted by molar-refractivity contribution is -0.119. The maximum atomic E-state index is 13.1. The average Bonchev–Trinajstić information content (AvgIpc) is 3.24. The standard InChI is InChI=1S/C21H24N4OS/c1-2-25(19-9-5-7-17-6-3-4-8-18(17)19)20(26)16-23-11-13-24(14-12-23)21-22-10-15-27-21/h3-10,15H,2,11-14,16H2,1H3. The van der Waals surface area contributed by atoms with E-state index in [1.165, 1.54) is 5.39 Å². The van der Waals surface area contributed by atoms with E-state index in [2.05, 4.69) is 33.0 Å². The van der Waals surface area contributed by atoms with Crippen LogP contribution in [0.2, 0.25) is 0 Å². The fraction of sp³-hybridized carbons (Fsp3) is 0.333. The first kappa shape index (κ1) is 17.9. The van der Waals surface area contributed by atoms with Gasteiger partial charge in [0.25, 0.3) is 0 Å². The molecule has 0 N–H and O–H groups in total. The van der Waals surface area contributed by atoms with E-state index in [4.69, 9.17) is 0 Å². The molecule has 1 aromatic heterocycles. The van der Waals surface area contributed by atoms with E-state index >= 15 is 0 Å². The molecule has 0 atom stereocenters. The monoisotopic (exact) mass is 380 g/mol. The molecule has 1 amide bonds. The minimum absolute atomic E-state index is 0.163. The van der Waals surface area contributed by atoms with Gasteiger partial charge in [-0.15, -0.1) is 11.3 Å². The van der Waals surface area contributed by atoms with E-state index in [0.717, 1.165) is 42.4 Å². The topological polar surface area (TPSA) is 39.7 Å². The molecule has 6 heteroatoms. The molecule has 0 radical (unpaired) electrons. The van der Waals surface area contributed by atoms with Crippen LogP contribution in [0.15, 0.2) is 54.0 Å². The maximum absolute atomic E-state index is 13.1. The van der Waals surface area contributed by atoms with Gasteiger partial charge in [0.2, 0.25) is 5.91 Å². The van der Waals surface area contributed by atoms with Crippen molar-refractivity contribution in [3.05, 3.63) is 54.0 Å². The molecular formula is C21H24N4OS. The van der Waals surface area contributed by atoms with Gasteiger partial charge < -0.3 is 9.80 Å². The van der Waals surface area contributed by atoms with Crippen molar-refractivity contribution in [2.24, 2.45) is 0 Å². The van der Waals surface area contributed by atoms with E-state index in [9.17, 15) is 4.79 Å². The van der Waals surface area contributed by atoms with Crippen molar-refractivity contribution in [3.8, 4) is 0 Å². The first-order chi connectivity index (χ1) is 13.3. The van der Waals surface area contributed by atoms with Gasteiger partial charge in [-0.05, 0) is 18.4 Å². The zero-order valence-electron chi connectivity index (χ0n) is 15.5. The molecule has 2 aromatic carbocycles. The molecule has 0 saturated carbocycles. The Bertz CT molecular complexity index is 898. The number of rotatable bonds is 5. The smallest absolute Gasteiger partial charge is 0.241 e. The zero-order valence-corrected chi connectivity index (χ0v) is 16.4. The number of thiazole rings is 1. The van der Waals surface area contributed by atoms with Crippen molar-refractivity contribution in [1.82, 2.24) is 9.88 Å². The molecule has 0 unspecified atom stereocenters. The fourth-order valence-corrected chi connectivity index (χ4v) is 4.37. The Morgan fingerprint density at radius 3 is 2.63 bits per heavy atom. The van der Waals surface area contributed by atoms with Crippen LogP contribution in [0, 0.1) is 0 Å². The second kappa shape index (κ2) is 8.06. The lowest BCUT2D eigenvalue weighted by atomic mass is 10.1. The Labute approximate surface area is 163 Å². The Hall–Kier alpha value is -2.44.